The minimum absolute atomic E-state index is 0.0799. The maximum Gasteiger partial charge on any atom is 0.242 e. The van der Waals surface area contributed by atoms with Crippen molar-refractivity contribution in [3.8, 4) is 11.3 Å². The van der Waals surface area contributed by atoms with E-state index in [0.29, 0.717) is 11.5 Å². The zero-order chi connectivity index (χ0) is 16.8. The summed E-state index contributed by atoms with van der Waals surface area (Å²) in [4.78, 5) is 12.0. The molecule has 6 heteroatoms. The van der Waals surface area contributed by atoms with Crippen LogP contribution < -0.4 is 10.6 Å². The number of nitrogens with one attached hydrogen (secondary N) is 2. The third-order valence-corrected chi connectivity index (χ3v) is 3.56. The van der Waals surface area contributed by atoms with Crippen LogP contribution in [-0.4, -0.2) is 28.2 Å². The van der Waals surface area contributed by atoms with E-state index in [1.165, 1.54) is 12.1 Å². The van der Waals surface area contributed by atoms with Gasteiger partial charge in [0, 0.05) is 11.6 Å². The number of amides is 1. The average molecular weight is 316 g/mol. The molecule has 0 radical (unpaired) electrons. The molecule has 2 atom stereocenters. The average Bonchev–Trinajstić information content (AvgIpc) is 2.56. The summed E-state index contributed by atoms with van der Waals surface area (Å²) >= 11 is 0. The summed E-state index contributed by atoms with van der Waals surface area (Å²) in [6, 6.07) is 9.31. The van der Waals surface area contributed by atoms with Crippen molar-refractivity contribution in [2.45, 2.75) is 39.3 Å². The highest BCUT2D eigenvalue weighted by molar-refractivity contribution is 5.84. The molecule has 0 spiro atoms. The second-order valence-corrected chi connectivity index (χ2v) is 5.49. The highest BCUT2D eigenvalue weighted by Gasteiger charge is 2.15. The SMILES string of the molecule is CCC(C)NC(=O)C(C)Nc1ccc(-c2ccc(F)cc2)nn1. The van der Waals surface area contributed by atoms with Crippen molar-refractivity contribution in [1.82, 2.24) is 15.5 Å². The van der Waals surface area contributed by atoms with Gasteiger partial charge in [0.15, 0.2) is 0 Å². The minimum Gasteiger partial charge on any atom is -0.357 e. The molecule has 0 aliphatic carbocycles. The summed E-state index contributed by atoms with van der Waals surface area (Å²) < 4.78 is 12.9. The van der Waals surface area contributed by atoms with Gasteiger partial charge in [-0.1, -0.05) is 6.92 Å². The van der Waals surface area contributed by atoms with Crippen molar-refractivity contribution in [3.05, 3.63) is 42.2 Å². The van der Waals surface area contributed by atoms with Gasteiger partial charge in [-0.2, -0.15) is 0 Å². The van der Waals surface area contributed by atoms with Crippen LogP contribution in [-0.2, 0) is 4.79 Å². The molecule has 1 heterocycles. The normalized spacial score (nSPS) is 13.2. The number of benzene rings is 1. The van der Waals surface area contributed by atoms with Crippen molar-refractivity contribution in [1.29, 1.82) is 0 Å². The number of rotatable bonds is 6. The van der Waals surface area contributed by atoms with E-state index < -0.39 is 6.04 Å². The van der Waals surface area contributed by atoms with E-state index >= 15 is 0 Å². The van der Waals surface area contributed by atoms with E-state index in [-0.39, 0.29) is 17.8 Å². The summed E-state index contributed by atoms with van der Waals surface area (Å²) in [6.45, 7) is 5.75. The van der Waals surface area contributed by atoms with Crippen LogP contribution in [0.25, 0.3) is 11.3 Å². The number of aromatic nitrogens is 2. The molecule has 2 aromatic rings. The zero-order valence-electron chi connectivity index (χ0n) is 13.5. The Bertz CT molecular complexity index is 643. The van der Waals surface area contributed by atoms with Crippen LogP contribution in [0.1, 0.15) is 27.2 Å². The fourth-order valence-electron chi connectivity index (χ4n) is 1.94. The van der Waals surface area contributed by atoms with Crippen LogP contribution in [0.15, 0.2) is 36.4 Å². The second-order valence-electron chi connectivity index (χ2n) is 5.49. The fraction of sp³-hybridized carbons (Fsp3) is 0.353. The first-order valence-electron chi connectivity index (χ1n) is 7.66. The smallest absolute Gasteiger partial charge is 0.242 e. The van der Waals surface area contributed by atoms with E-state index in [9.17, 15) is 9.18 Å². The monoisotopic (exact) mass is 316 g/mol. The molecule has 1 aromatic heterocycles. The zero-order valence-corrected chi connectivity index (χ0v) is 13.5. The molecule has 2 rings (SSSR count). The van der Waals surface area contributed by atoms with E-state index in [1.54, 1.807) is 31.2 Å². The topological polar surface area (TPSA) is 66.9 Å². The first-order chi connectivity index (χ1) is 11.0. The van der Waals surface area contributed by atoms with Crippen molar-refractivity contribution < 1.29 is 9.18 Å². The van der Waals surface area contributed by atoms with Gasteiger partial charge in [-0.05, 0) is 56.7 Å². The van der Waals surface area contributed by atoms with Gasteiger partial charge < -0.3 is 10.6 Å². The number of nitrogens with zero attached hydrogens (tertiary/aromatic N) is 2. The predicted octanol–water partition coefficient (Wildman–Crippen LogP) is 3.00. The van der Waals surface area contributed by atoms with Crippen LogP contribution >= 0.6 is 0 Å². The first-order valence-corrected chi connectivity index (χ1v) is 7.66. The maximum absolute atomic E-state index is 12.9. The molecule has 0 fully saturated rings. The van der Waals surface area contributed by atoms with E-state index in [4.69, 9.17) is 0 Å². The molecule has 122 valence electrons. The van der Waals surface area contributed by atoms with Crippen LogP contribution in [0, 0.1) is 5.82 Å². The Morgan fingerprint density at radius 2 is 1.83 bits per heavy atom. The van der Waals surface area contributed by atoms with Crippen molar-refractivity contribution in [2.75, 3.05) is 5.32 Å². The Morgan fingerprint density at radius 1 is 1.13 bits per heavy atom. The maximum atomic E-state index is 12.9. The molecule has 0 bridgehead atoms. The molecule has 5 nitrogen and oxygen atoms in total. The van der Waals surface area contributed by atoms with Gasteiger partial charge in [-0.15, -0.1) is 10.2 Å². The molecule has 2 unspecified atom stereocenters. The molecule has 1 aromatic carbocycles. The van der Waals surface area contributed by atoms with Gasteiger partial charge in [0.05, 0.1) is 5.69 Å². The molecule has 0 saturated carbocycles. The highest BCUT2D eigenvalue weighted by Crippen LogP contribution is 2.17. The molecule has 0 aliphatic rings. The number of hydrogen-bond acceptors (Lipinski definition) is 4. The molecular formula is C17H21FN4O. The van der Waals surface area contributed by atoms with E-state index in [0.717, 1.165) is 12.0 Å². The molecule has 0 saturated heterocycles. The quantitative estimate of drug-likeness (QED) is 0.860. The summed E-state index contributed by atoms with van der Waals surface area (Å²) in [5.74, 6) is 0.146. The highest BCUT2D eigenvalue weighted by atomic mass is 19.1. The molecule has 0 aliphatic heterocycles. The molecule has 23 heavy (non-hydrogen) atoms. The molecular weight excluding hydrogens is 295 g/mol. The van der Waals surface area contributed by atoms with Crippen LogP contribution in [0.4, 0.5) is 10.2 Å². The minimum atomic E-state index is -0.407. The lowest BCUT2D eigenvalue weighted by Gasteiger charge is -2.17. The van der Waals surface area contributed by atoms with Gasteiger partial charge in [0.2, 0.25) is 5.91 Å². The van der Waals surface area contributed by atoms with E-state index in [1.807, 2.05) is 13.8 Å². The van der Waals surface area contributed by atoms with Crippen LogP contribution in [0.2, 0.25) is 0 Å². The Hall–Kier alpha value is -2.50. The van der Waals surface area contributed by atoms with Crippen molar-refractivity contribution >= 4 is 11.7 Å². The summed E-state index contributed by atoms with van der Waals surface area (Å²) in [7, 11) is 0. The number of carbonyl (C=O) groups excluding carboxylic acids is 1. The van der Waals surface area contributed by atoms with Gasteiger partial charge >= 0.3 is 0 Å². The number of halogens is 1. The Morgan fingerprint density at radius 3 is 2.39 bits per heavy atom. The standard InChI is InChI=1S/C17H21FN4O/c1-4-11(2)19-17(23)12(3)20-16-10-9-15(21-22-16)13-5-7-14(18)8-6-13/h5-12H,4H2,1-3H3,(H,19,23)(H,20,22). The second kappa shape index (κ2) is 7.67. The molecule has 1 amide bonds. The fourth-order valence-corrected chi connectivity index (χ4v) is 1.94. The predicted molar refractivity (Wildman–Crippen MR) is 88.4 cm³/mol. The van der Waals surface area contributed by atoms with Crippen LogP contribution in [0.3, 0.4) is 0 Å². The lowest BCUT2D eigenvalue weighted by atomic mass is 10.1. The summed E-state index contributed by atoms with van der Waals surface area (Å²) in [6.07, 6.45) is 0.880. The van der Waals surface area contributed by atoms with Gasteiger partial charge in [0.1, 0.15) is 17.7 Å². The largest absolute Gasteiger partial charge is 0.357 e. The Balaban J connectivity index is 1.99. The third-order valence-electron chi connectivity index (χ3n) is 3.56. The number of carbonyl (C=O) groups is 1. The molecule has 2 N–H and O–H groups in total. The van der Waals surface area contributed by atoms with Crippen molar-refractivity contribution in [3.63, 3.8) is 0 Å². The lowest BCUT2D eigenvalue weighted by Crippen LogP contribution is -2.42. The first kappa shape index (κ1) is 16.9. The van der Waals surface area contributed by atoms with Gasteiger partial charge in [0.25, 0.3) is 0 Å². The lowest BCUT2D eigenvalue weighted by molar-refractivity contribution is -0.122. The van der Waals surface area contributed by atoms with Gasteiger partial charge in [-0.3, -0.25) is 4.79 Å². The Kier molecular flexibility index (Phi) is 5.62. The van der Waals surface area contributed by atoms with E-state index in [2.05, 4.69) is 20.8 Å². The summed E-state index contributed by atoms with van der Waals surface area (Å²) in [5, 5.41) is 14.1. The Labute approximate surface area is 135 Å². The third kappa shape index (κ3) is 4.74. The van der Waals surface area contributed by atoms with Crippen LogP contribution in [0.5, 0.6) is 0 Å². The van der Waals surface area contributed by atoms with Crippen molar-refractivity contribution in [2.24, 2.45) is 0 Å². The van der Waals surface area contributed by atoms with Gasteiger partial charge in [-0.25, -0.2) is 4.39 Å². The number of anilines is 1. The number of hydrogen-bond donors (Lipinski definition) is 2. The summed E-state index contributed by atoms with van der Waals surface area (Å²) in [5.41, 5.74) is 1.43.